The summed E-state index contributed by atoms with van der Waals surface area (Å²) in [4.78, 5) is 8.24. The van der Waals surface area contributed by atoms with Gasteiger partial charge in [-0.1, -0.05) is 25.4 Å². The van der Waals surface area contributed by atoms with Crippen LogP contribution in [0.2, 0.25) is 5.15 Å². The van der Waals surface area contributed by atoms with Crippen LogP contribution >= 0.6 is 11.6 Å². The Balaban J connectivity index is 2.07. The lowest BCUT2D eigenvalue weighted by Gasteiger charge is -2.12. The fourth-order valence-corrected chi connectivity index (χ4v) is 2.11. The SMILES string of the molecule is Cc1c(Cl)nc2ncnn2c1NC1CC1(C)C. The van der Waals surface area contributed by atoms with E-state index in [1.807, 2.05) is 6.92 Å². The number of anilines is 1. The van der Waals surface area contributed by atoms with E-state index in [1.165, 1.54) is 6.33 Å². The second-order valence-electron chi connectivity index (χ2n) is 5.24. The first-order valence-electron chi connectivity index (χ1n) is 5.61. The zero-order chi connectivity index (χ0) is 12.2. The van der Waals surface area contributed by atoms with Gasteiger partial charge in [-0.3, -0.25) is 0 Å². The maximum Gasteiger partial charge on any atom is 0.255 e. The number of hydrogen-bond acceptors (Lipinski definition) is 4. The number of halogens is 1. The number of fused-ring (bicyclic) bond motifs is 1. The Bertz CT molecular complexity index is 589. The molecule has 5 nitrogen and oxygen atoms in total. The van der Waals surface area contributed by atoms with Gasteiger partial charge in [0.15, 0.2) is 0 Å². The maximum absolute atomic E-state index is 6.09. The third-order valence-electron chi connectivity index (χ3n) is 3.43. The van der Waals surface area contributed by atoms with Gasteiger partial charge in [-0.2, -0.15) is 19.6 Å². The minimum Gasteiger partial charge on any atom is -0.366 e. The van der Waals surface area contributed by atoms with Gasteiger partial charge in [0.1, 0.15) is 17.3 Å². The van der Waals surface area contributed by atoms with Crippen LogP contribution in [0.25, 0.3) is 5.78 Å². The average molecular weight is 252 g/mol. The maximum atomic E-state index is 6.09. The van der Waals surface area contributed by atoms with E-state index in [1.54, 1.807) is 4.52 Å². The van der Waals surface area contributed by atoms with Crippen molar-refractivity contribution in [1.82, 2.24) is 19.6 Å². The molecule has 1 aliphatic rings. The first kappa shape index (κ1) is 10.8. The topological polar surface area (TPSA) is 55.1 Å². The van der Waals surface area contributed by atoms with E-state index in [0.29, 0.717) is 22.4 Å². The molecule has 0 aliphatic heterocycles. The van der Waals surface area contributed by atoms with E-state index in [2.05, 4.69) is 34.2 Å². The van der Waals surface area contributed by atoms with Crippen molar-refractivity contribution in [3.05, 3.63) is 17.0 Å². The van der Waals surface area contributed by atoms with Crippen LogP contribution in [0.4, 0.5) is 5.82 Å². The van der Waals surface area contributed by atoms with Gasteiger partial charge >= 0.3 is 0 Å². The van der Waals surface area contributed by atoms with Crippen molar-refractivity contribution in [1.29, 1.82) is 0 Å². The third-order valence-corrected chi connectivity index (χ3v) is 3.80. The summed E-state index contributed by atoms with van der Waals surface area (Å²) in [5.74, 6) is 1.43. The monoisotopic (exact) mass is 251 g/mol. The highest BCUT2D eigenvalue weighted by Crippen LogP contribution is 2.46. The van der Waals surface area contributed by atoms with Crippen LogP contribution in [-0.4, -0.2) is 25.6 Å². The van der Waals surface area contributed by atoms with Gasteiger partial charge in [-0.15, -0.1) is 0 Å². The summed E-state index contributed by atoms with van der Waals surface area (Å²) in [5, 5.41) is 8.13. The summed E-state index contributed by atoms with van der Waals surface area (Å²) in [7, 11) is 0. The van der Waals surface area contributed by atoms with Gasteiger partial charge in [0.2, 0.25) is 0 Å². The van der Waals surface area contributed by atoms with Crippen LogP contribution in [0.1, 0.15) is 25.8 Å². The van der Waals surface area contributed by atoms with Crippen molar-refractivity contribution in [3.8, 4) is 0 Å². The fraction of sp³-hybridized carbons (Fsp3) is 0.545. The highest BCUT2D eigenvalue weighted by atomic mass is 35.5. The molecule has 1 saturated carbocycles. The first-order chi connectivity index (χ1) is 7.99. The Morgan fingerprint density at radius 2 is 2.24 bits per heavy atom. The van der Waals surface area contributed by atoms with E-state index in [4.69, 9.17) is 11.6 Å². The number of aromatic nitrogens is 4. The molecule has 0 radical (unpaired) electrons. The molecule has 1 N–H and O–H groups in total. The van der Waals surface area contributed by atoms with E-state index in [0.717, 1.165) is 17.8 Å². The molecule has 1 unspecified atom stereocenters. The van der Waals surface area contributed by atoms with E-state index >= 15 is 0 Å². The van der Waals surface area contributed by atoms with Crippen LogP contribution in [0.15, 0.2) is 6.33 Å². The predicted octanol–water partition coefficient (Wildman–Crippen LogP) is 2.30. The summed E-state index contributed by atoms with van der Waals surface area (Å²) in [6, 6.07) is 0.465. The Morgan fingerprint density at radius 3 is 2.88 bits per heavy atom. The highest BCUT2D eigenvalue weighted by molar-refractivity contribution is 6.30. The molecule has 0 amide bonds. The second kappa shape index (κ2) is 3.32. The van der Waals surface area contributed by atoms with Gasteiger partial charge in [-0.05, 0) is 18.8 Å². The average Bonchev–Trinajstić information content (AvgIpc) is 2.68. The largest absolute Gasteiger partial charge is 0.366 e. The van der Waals surface area contributed by atoms with Crippen LogP contribution in [0, 0.1) is 12.3 Å². The van der Waals surface area contributed by atoms with Crippen LogP contribution in [-0.2, 0) is 0 Å². The van der Waals surface area contributed by atoms with Crippen molar-refractivity contribution < 1.29 is 0 Å². The quantitative estimate of drug-likeness (QED) is 0.832. The van der Waals surface area contributed by atoms with Crippen molar-refractivity contribution in [3.63, 3.8) is 0 Å². The zero-order valence-corrected chi connectivity index (χ0v) is 10.8. The molecular weight excluding hydrogens is 238 g/mol. The molecule has 2 aromatic heterocycles. The Labute approximate surface area is 104 Å². The number of rotatable bonds is 2. The van der Waals surface area contributed by atoms with E-state index in [9.17, 15) is 0 Å². The van der Waals surface area contributed by atoms with E-state index < -0.39 is 0 Å². The lowest BCUT2D eigenvalue weighted by atomic mass is 10.2. The fourth-order valence-electron chi connectivity index (χ4n) is 1.95. The predicted molar refractivity (Wildman–Crippen MR) is 66.3 cm³/mol. The third kappa shape index (κ3) is 1.65. The Hall–Kier alpha value is -1.36. The van der Waals surface area contributed by atoms with Crippen LogP contribution < -0.4 is 5.32 Å². The van der Waals surface area contributed by atoms with Crippen LogP contribution in [0.5, 0.6) is 0 Å². The molecule has 2 aromatic rings. The molecule has 1 aliphatic carbocycles. The highest BCUT2D eigenvalue weighted by Gasteiger charge is 2.46. The molecule has 17 heavy (non-hydrogen) atoms. The lowest BCUT2D eigenvalue weighted by Crippen LogP contribution is -2.14. The first-order valence-corrected chi connectivity index (χ1v) is 5.99. The summed E-state index contributed by atoms with van der Waals surface area (Å²) < 4.78 is 1.70. The Kier molecular flexibility index (Phi) is 2.10. The summed E-state index contributed by atoms with van der Waals surface area (Å²) in [6.07, 6.45) is 2.64. The smallest absolute Gasteiger partial charge is 0.255 e. The zero-order valence-electron chi connectivity index (χ0n) is 10.0. The van der Waals surface area contributed by atoms with Crippen LogP contribution in [0.3, 0.4) is 0 Å². The molecule has 6 heteroatoms. The van der Waals surface area contributed by atoms with Crippen molar-refractivity contribution in [2.75, 3.05) is 5.32 Å². The lowest BCUT2D eigenvalue weighted by molar-refractivity contribution is 0.628. The molecule has 1 atom stereocenters. The summed E-state index contributed by atoms with van der Waals surface area (Å²) >= 11 is 6.09. The van der Waals surface area contributed by atoms with Crippen molar-refractivity contribution in [2.45, 2.75) is 33.2 Å². The molecule has 1 fully saturated rings. The minimum atomic E-state index is 0.342. The van der Waals surface area contributed by atoms with Gasteiger partial charge in [0.25, 0.3) is 5.78 Å². The summed E-state index contributed by atoms with van der Waals surface area (Å²) in [6.45, 7) is 6.41. The molecular formula is C11H14ClN5. The number of nitrogens with zero attached hydrogens (tertiary/aromatic N) is 4. The summed E-state index contributed by atoms with van der Waals surface area (Å²) in [5.41, 5.74) is 1.25. The second-order valence-corrected chi connectivity index (χ2v) is 5.60. The van der Waals surface area contributed by atoms with Gasteiger partial charge < -0.3 is 5.32 Å². The molecule has 90 valence electrons. The normalized spacial score (nSPS) is 21.8. The molecule has 0 bridgehead atoms. The number of hydrogen-bond donors (Lipinski definition) is 1. The van der Waals surface area contributed by atoms with Gasteiger partial charge in [-0.25, -0.2) is 0 Å². The molecule has 2 heterocycles. The Morgan fingerprint density at radius 1 is 1.53 bits per heavy atom. The molecule has 0 spiro atoms. The minimum absolute atomic E-state index is 0.342. The van der Waals surface area contributed by atoms with E-state index in [-0.39, 0.29) is 0 Å². The van der Waals surface area contributed by atoms with Crippen molar-refractivity contribution >= 4 is 23.2 Å². The van der Waals surface area contributed by atoms with Crippen molar-refractivity contribution in [2.24, 2.45) is 5.41 Å². The molecule has 0 aromatic carbocycles. The molecule has 0 saturated heterocycles. The van der Waals surface area contributed by atoms with Gasteiger partial charge in [0.05, 0.1) is 0 Å². The van der Waals surface area contributed by atoms with Gasteiger partial charge in [0, 0.05) is 11.6 Å². The number of nitrogens with one attached hydrogen (secondary N) is 1. The standard InChI is InChI=1S/C11H14ClN5/c1-6-8(12)16-10-13-5-14-17(10)9(6)15-7-4-11(7,2)3/h5,7,15H,4H2,1-3H3. The molecule has 3 rings (SSSR count).